The fourth-order valence-corrected chi connectivity index (χ4v) is 1.18. The topological polar surface area (TPSA) is 73.6 Å². The summed E-state index contributed by atoms with van der Waals surface area (Å²) in [6.07, 6.45) is 0.310. The number of rotatable bonds is 5. The van der Waals surface area contributed by atoms with E-state index in [0.717, 1.165) is 0 Å². The molecule has 0 aliphatic heterocycles. The van der Waals surface area contributed by atoms with Crippen LogP contribution < -0.4 is 20.5 Å². The van der Waals surface area contributed by atoms with Crippen LogP contribution in [0.4, 0.5) is 5.69 Å². The summed E-state index contributed by atoms with van der Waals surface area (Å²) in [5.41, 5.74) is 6.21. The van der Waals surface area contributed by atoms with Gasteiger partial charge in [0.15, 0.2) is 11.5 Å². The van der Waals surface area contributed by atoms with Gasteiger partial charge in [-0.2, -0.15) is 0 Å². The Hall–Kier alpha value is -1.91. The van der Waals surface area contributed by atoms with Gasteiger partial charge in [-0.3, -0.25) is 4.79 Å². The number of hydrogen-bond acceptors (Lipinski definition) is 4. The van der Waals surface area contributed by atoms with E-state index in [1.54, 1.807) is 32.4 Å². The second-order valence-corrected chi connectivity index (χ2v) is 3.18. The van der Waals surface area contributed by atoms with Crippen molar-refractivity contribution in [1.29, 1.82) is 0 Å². The molecule has 0 heterocycles. The summed E-state index contributed by atoms with van der Waals surface area (Å²) in [4.78, 5) is 11.0. The molecule has 0 aliphatic rings. The molecule has 5 heteroatoms. The molecule has 0 aliphatic carbocycles. The van der Waals surface area contributed by atoms with Crippen molar-refractivity contribution in [3.05, 3.63) is 18.2 Å². The van der Waals surface area contributed by atoms with E-state index in [2.05, 4.69) is 5.32 Å². The first-order chi connectivity index (χ1) is 7.67. The number of carbonyl (C=O) groups excluding carboxylic acids is 1. The van der Waals surface area contributed by atoms with Crippen LogP contribution in [0.1, 0.15) is 6.42 Å². The molecule has 1 aromatic rings. The van der Waals surface area contributed by atoms with E-state index in [4.69, 9.17) is 15.2 Å². The minimum Gasteiger partial charge on any atom is -0.493 e. The van der Waals surface area contributed by atoms with Crippen molar-refractivity contribution in [2.45, 2.75) is 6.42 Å². The Bertz CT molecular complexity index is 366. The molecule has 3 N–H and O–H groups in total. The first-order valence-corrected chi connectivity index (χ1v) is 4.94. The molecule has 0 aromatic heterocycles. The highest BCUT2D eigenvalue weighted by molar-refractivity contribution is 5.75. The van der Waals surface area contributed by atoms with Gasteiger partial charge in [0, 0.05) is 18.8 Å². The average molecular weight is 224 g/mol. The molecule has 0 bridgehead atoms. The van der Waals surface area contributed by atoms with Crippen molar-refractivity contribution < 1.29 is 14.3 Å². The highest BCUT2D eigenvalue weighted by Gasteiger charge is 2.05. The van der Waals surface area contributed by atoms with Gasteiger partial charge in [-0.1, -0.05) is 0 Å². The van der Waals surface area contributed by atoms with Crippen LogP contribution in [0.3, 0.4) is 0 Å². The third-order valence-electron chi connectivity index (χ3n) is 2.05. The van der Waals surface area contributed by atoms with Gasteiger partial charge in [-0.25, -0.2) is 0 Å². The molecule has 0 radical (unpaired) electrons. The zero-order chi connectivity index (χ0) is 12.0. The summed E-state index contributed by atoms with van der Waals surface area (Å²) in [6.45, 7) is 0.306. The number of ether oxygens (including phenoxy) is 2. The molecular formula is C11H16N2O3. The van der Waals surface area contributed by atoms with E-state index in [9.17, 15) is 4.79 Å². The van der Waals surface area contributed by atoms with Crippen LogP contribution in [0.25, 0.3) is 0 Å². The number of hydrogen-bond donors (Lipinski definition) is 2. The SMILES string of the molecule is CNC(=O)CCOc1ccc(N)cc1OC. The molecule has 0 atom stereocenters. The van der Waals surface area contributed by atoms with Gasteiger partial charge >= 0.3 is 0 Å². The van der Waals surface area contributed by atoms with E-state index in [1.807, 2.05) is 0 Å². The lowest BCUT2D eigenvalue weighted by Gasteiger charge is -2.10. The van der Waals surface area contributed by atoms with Crippen molar-refractivity contribution >= 4 is 11.6 Å². The van der Waals surface area contributed by atoms with Crippen molar-refractivity contribution in [2.24, 2.45) is 0 Å². The van der Waals surface area contributed by atoms with Gasteiger partial charge in [-0.15, -0.1) is 0 Å². The summed E-state index contributed by atoms with van der Waals surface area (Å²) >= 11 is 0. The summed E-state index contributed by atoms with van der Waals surface area (Å²) in [5.74, 6) is 1.09. The molecule has 0 saturated heterocycles. The third kappa shape index (κ3) is 3.34. The second kappa shape index (κ2) is 5.85. The fraction of sp³-hybridized carbons (Fsp3) is 0.364. The molecule has 88 valence electrons. The smallest absolute Gasteiger partial charge is 0.223 e. The minimum atomic E-state index is -0.0607. The zero-order valence-corrected chi connectivity index (χ0v) is 9.45. The summed E-state index contributed by atoms with van der Waals surface area (Å²) < 4.78 is 10.5. The third-order valence-corrected chi connectivity index (χ3v) is 2.05. The number of anilines is 1. The highest BCUT2D eigenvalue weighted by Crippen LogP contribution is 2.28. The maximum Gasteiger partial charge on any atom is 0.223 e. The lowest BCUT2D eigenvalue weighted by Crippen LogP contribution is -2.20. The number of nitrogen functional groups attached to an aromatic ring is 1. The monoisotopic (exact) mass is 224 g/mol. The molecular weight excluding hydrogens is 208 g/mol. The molecule has 0 saturated carbocycles. The van der Waals surface area contributed by atoms with Crippen LogP contribution in [-0.4, -0.2) is 26.7 Å². The summed E-state index contributed by atoms with van der Waals surface area (Å²) in [5, 5.41) is 2.52. The predicted molar refractivity (Wildman–Crippen MR) is 61.6 cm³/mol. The van der Waals surface area contributed by atoms with Crippen LogP contribution in [0.15, 0.2) is 18.2 Å². The Morgan fingerprint density at radius 1 is 1.44 bits per heavy atom. The van der Waals surface area contributed by atoms with E-state index in [-0.39, 0.29) is 5.91 Å². The molecule has 1 rings (SSSR count). The summed E-state index contributed by atoms with van der Waals surface area (Å²) in [7, 11) is 3.13. The first-order valence-electron chi connectivity index (χ1n) is 4.94. The molecule has 0 fully saturated rings. The lowest BCUT2D eigenvalue weighted by atomic mass is 10.3. The Labute approximate surface area is 94.5 Å². The Morgan fingerprint density at radius 3 is 2.81 bits per heavy atom. The molecule has 0 unspecified atom stereocenters. The van der Waals surface area contributed by atoms with E-state index in [1.165, 1.54) is 0 Å². The van der Waals surface area contributed by atoms with Gasteiger partial charge in [0.25, 0.3) is 0 Å². The zero-order valence-electron chi connectivity index (χ0n) is 9.45. The predicted octanol–water partition coefficient (Wildman–Crippen LogP) is 0.792. The normalized spacial score (nSPS) is 9.62. The molecule has 0 spiro atoms. The largest absolute Gasteiger partial charge is 0.493 e. The Balaban J connectivity index is 2.56. The maximum absolute atomic E-state index is 11.0. The average Bonchev–Trinajstić information content (AvgIpc) is 2.30. The van der Waals surface area contributed by atoms with Crippen LogP contribution in [0.2, 0.25) is 0 Å². The molecule has 5 nitrogen and oxygen atoms in total. The fourth-order valence-electron chi connectivity index (χ4n) is 1.18. The van der Waals surface area contributed by atoms with Crippen LogP contribution in [-0.2, 0) is 4.79 Å². The Morgan fingerprint density at radius 2 is 2.19 bits per heavy atom. The van der Waals surface area contributed by atoms with Crippen molar-refractivity contribution in [2.75, 3.05) is 26.5 Å². The van der Waals surface area contributed by atoms with Gasteiger partial charge < -0.3 is 20.5 Å². The molecule has 1 aromatic carbocycles. The summed E-state index contributed by atoms with van der Waals surface area (Å²) in [6, 6.07) is 5.12. The van der Waals surface area contributed by atoms with E-state index >= 15 is 0 Å². The molecule has 16 heavy (non-hydrogen) atoms. The van der Waals surface area contributed by atoms with Crippen molar-refractivity contribution in [3.8, 4) is 11.5 Å². The van der Waals surface area contributed by atoms with Crippen LogP contribution in [0.5, 0.6) is 11.5 Å². The standard InChI is InChI=1S/C11H16N2O3/c1-13-11(14)5-6-16-9-4-3-8(12)7-10(9)15-2/h3-4,7H,5-6,12H2,1-2H3,(H,13,14). The lowest BCUT2D eigenvalue weighted by molar-refractivity contribution is -0.121. The number of nitrogens with two attached hydrogens (primary N) is 1. The van der Waals surface area contributed by atoms with E-state index < -0.39 is 0 Å². The molecule has 1 amide bonds. The van der Waals surface area contributed by atoms with Gasteiger partial charge in [-0.05, 0) is 12.1 Å². The minimum absolute atomic E-state index is 0.0607. The second-order valence-electron chi connectivity index (χ2n) is 3.18. The van der Waals surface area contributed by atoms with Crippen LogP contribution >= 0.6 is 0 Å². The van der Waals surface area contributed by atoms with Gasteiger partial charge in [0.1, 0.15) is 0 Å². The number of benzene rings is 1. The number of methoxy groups -OCH3 is 1. The van der Waals surface area contributed by atoms with Gasteiger partial charge in [0.2, 0.25) is 5.91 Å². The number of amides is 1. The highest BCUT2D eigenvalue weighted by atomic mass is 16.5. The van der Waals surface area contributed by atoms with E-state index in [0.29, 0.717) is 30.2 Å². The first kappa shape index (κ1) is 12.2. The van der Waals surface area contributed by atoms with Crippen molar-refractivity contribution in [1.82, 2.24) is 5.32 Å². The quantitative estimate of drug-likeness (QED) is 0.725. The maximum atomic E-state index is 11.0. The number of nitrogens with one attached hydrogen (secondary N) is 1. The number of carbonyl (C=O) groups is 1. The van der Waals surface area contributed by atoms with Crippen molar-refractivity contribution in [3.63, 3.8) is 0 Å². The van der Waals surface area contributed by atoms with Gasteiger partial charge in [0.05, 0.1) is 20.1 Å². The van der Waals surface area contributed by atoms with Crippen LogP contribution in [0, 0.1) is 0 Å². The Kier molecular flexibility index (Phi) is 4.44.